The van der Waals surface area contributed by atoms with E-state index in [-0.39, 0.29) is 11.3 Å². The maximum Gasteiger partial charge on any atom is 0.225 e. The zero-order chi connectivity index (χ0) is 6.91. The van der Waals surface area contributed by atoms with E-state index in [1.165, 1.54) is 0 Å². The summed E-state index contributed by atoms with van der Waals surface area (Å²) in [5.41, 5.74) is 4.93. The lowest BCUT2D eigenvalue weighted by molar-refractivity contribution is -0.124. The van der Waals surface area contributed by atoms with E-state index in [4.69, 9.17) is 5.73 Å². The summed E-state index contributed by atoms with van der Waals surface area (Å²) in [7, 11) is 3.45. The van der Waals surface area contributed by atoms with E-state index in [0.29, 0.717) is 0 Å². The summed E-state index contributed by atoms with van der Waals surface area (Å²) in [5.74, 6) is 1.57. The fourth-order valence-electron chi connectivity index (χ4n) is 0.527. The van der Waals surface area contributed by atoms with Gasteiger partial charge < -0.3 is 5.73 Å². The molecule has 1 heterocycles. The van der Waals surface area contributed by atoms with E-state index in [9.17, 15) is 4.79 Å². The summed E-state index contributed by atoms with van der Waals surface area (Å²) in [5, 5.41) is 0. The monoisotopic (exact) mass is 163 g/mol. The number of rotatable bonds is 1. The average molecular weight is 163 g/mol. The third kappa shape index (κ3) is 1.35. The highest BCUT2D eigenvalue weighted by atomic mass is 33.1. The Morgan fingerprint density at radius 3 is 2.22 bits per heavy atom. The third-order valence-corrected chi connectivity index (χ3v) is 4.32. The molecule has 1 rings (SSSR count). The van der Waals surface area contributed by atoms with Crippen LogP contribution in [0.1, 0.15) is 6.92 Å². The Balaban J connectivity index is 2.61. The predicted octanol–water partition coefficient (Wildman–Crippen LogP) is 0.873. The first kappa shape index (κ1) is 7.28. The van der Waals surface area contributed by atoms with Crippen LogP contribution in [-0.4, -0.2) is 17.4 Å². The summed E-state index contributed by atoms with van der Waals surface area (Å²) in [6.07, 6.45) is 0. The van der Waals surface area contributed by atoms with Gasteiger partial charge in [0.15, 0.2) is 0 Å². The molecule has 0 aromatic carbocycles. The molecule has 9 heavy (non-hydrogen) atoms. The molecule has 0 bridgehead atoms. The van der Waals surface area contributed by atoms with E-state index in [0.717, 1.165) is 11.5 Å². The molecule has 0 aromatic rings. The molecule has 52 valence electrons. The van der Waals surface area contributed by atoms with Crippen molar-refractivity contribution < 1.29 is 4.79 Å². The van der Waals surface area contributed by atoms with Crippen molar-refractivity contribution in [3.63, 3.8) is 0 Å². The molecule has 0 radical (unpaired) electrons. The molecule has 0 saturated carbocycles. The fraction of sp³-hybridized carbons (Fsp3) is 0.800. The van der Waals surface area contributed by atoms with E-state index in [2.05, 4.69) is 0 Å². The molecule has 1 amide bonds. The molecule has 0 aliphatic carbocycles. The molecule has 0 aromatic heterocycles. The van der Waals surface area contributed by atoms with Crippen LogP contribution in [0.3, 0.4) is 0 Å². The van der Waals surface area contributed by atoms with E-state index < -0.39 is 0 Å². The molecule has 1 saturated heterocycles. The molecule has 2 nitrogen and oxygen atoms in total. The van der Waals surface area contributed by atoms with Crippen molar-refractivity contribution in [2.45, 2.75) is 6.92 Å². The van der Waals surface area contributed by atoms with Gasteiger partial charge >= 0.3 is 0 Å². The number of carbonyl (C=O) groups excluding carboxylic acids is 1. The highest BCUT2D eigenvalue weighted by Crippen LogP contribution is 2.42. The number of hydrogen-bond acceptors (Lipinski definition) is 3. The van der Waals surface area contributed by atoms with Crippen LogP contribution in [0.4, 0.5) is 0 Å². The molecule has 1 fully saturated rings. The van der Waals surface area contributed by atoms with E-state index >= 15 is 0 Å². The van der Waals surface area contributed by atoms with Crippen molar-refractivity contribution in [1.82, 2.24) is 0 Å². The van der Waals surface area contributed by atoms with Gasteiger partial charge in [0.2, 0.25) is 5.91 Å². The maximum absolute atomic E-state index is 10.7. The molecular weight excluding hydrogens is 154 g/mol. The Morgan fingerprint density at radius 2 is 2.00 bits per heavy atom. The quantitative estimate of drug-likeness (QED) is 0.583. The number of hydrogen-bond donors (Lipinski definition) is 1. The molecule has 4 heteroatoms. The van der Waals surface area contributed by atoms with Crippen LogP contribution in [-0.2, 0) is 4.79 Å². The number of carbonyl (C=O) groups is 1. The van der Waals surface area contributed by atoms with Gasteiger partial charge in [-0.25, -0.2) is 0 Å². The Kier molecular flexibility index (Phi) is 1.96. The normalized spacial score (nSPS) is 24.1. The van der Waals surface area contributed by atoms with Crippen molar-refractivity contribution >= 4 is 27.5 Å². The van der Waals surface area contributed by atoms with Crippen LogP contribution in [0.5, 0.6) is 0 Å². The minimum Gasteiger partial charge on any atom is -0.369 e. The fourth-order valence-corrected chi connectivity index (χ4v) is 3.89. The second-order valence-electron chi connectivity index (χ2n) is 2.45. The van der Waals surface area contributed by atoms with Gasteiger partial charge in [-0.3, -0.25) is 4.79 Å². The number of primary amides is 1. The van der Waals surface area contributed by atoms with Crippen LogP contribution >= 0.6 is 21.6 Å². The van der Waals surface area contributed by atoms with Crippen LogP contribution < -0.4 is 5.73 Å². The van der Waals surface area contributed by atoms with Gasteiger partial charge in [-0.1, -0.05) is 21.6 Å². The third-order valence-electron chi connectivity index (χ3n) is 1.43. The zero-order valence-electron chi connectivity index (χ0n) is 5.22. The standard InChI is InChI=1S/C5H9NOS2/c1-5(4(6)7)2-8-9-3-5/h2-3H2,1H3,(H2,6,7). The lowest BCUT2D eigenvalue weighted by Crippen LogP contribution is -2.36. The summed E-state index contributed by atoms with van der Waals surface area (Å²) in [6, 6.07) is 0. The van der Waals surface area contributed by atoms with Crippen LogP contribution in [0.25, 0.3) is 0 Å². The largest absolute Gasteiger partial charge is 0.369 e. The topological polar surface area (TPSA) is 43.1 Å². The first-order valence-corrected chi connectivity index (χ1v) is 5.18. The molecule has 0 atom stereocenters. The van der Waals surface area contributed by atoms with Gasteiger partial charge in [-0.05, 0) is 6.92 Å². The summed E-state index contributed by atoms with van der Waals surface area (Å²) in [4.78, 5) is 10.7. The summed E-state index contributed by atoms with van der Waals surface area (Å²) >= 11 is 0. The van der Waals surface area contributed by atoms with Gasteiger partial charge in [-0.2, -0.15) is 0 Å². The van der Waals surface area contributed by atoms with Crippen LogP contribution in [0.2, 0.25) is 0 Å². The van der Waals surface area contributed by atoms with Crippen LogP contribution in [0.15, 0.2) is 0 Å². The van der Waals surface area contributed by atoms with Gasteiger partial charge in [-0.15, -0.1) is 0 Å². The summed E-state index contributed by atoms with van der Waals surface area (Å²) < 4.78 is 0. The van der Waals surface area contributed by atoms with Crippen LogP contribution in [0, 0.1) is 5.41 Å². The first-order valence-electron chi connectivity index (χ1n) is 2.69. The van der Waals surface area contributed by atoms with Crippen molar-refractivity contribution in [1.29, 1.82) is 0 Å². The highest BCUT2D eigenvalue weighted by molar-refractivity contribution is 8.77. The lowest BCUT2D eigenvalue weighted by Gasteiger charge is -2.15. The highest BCUT2D eigenvalue weighted by Gasteiger charge is 2.35. The van der Waals surface area contributed by atoms with Crippen molar-refractivity contribution in [2.75, 3.05) is 11.5 Å². The van der Waals surface area contributed by atoms with Crippen molar-refractivity contribution in [2.24, 2.45) is 11.1 Å². The second-order valence-corrected chi connectivity index (χ2v) is 4.91. The van der Waals surface area contributed by atoms with E-state index in [1.807, 2.05) is 6.92 Å². The van der Waals surface area contributed by atoms with Gasteiger partial charge in [0.05, 0.1) is 5.41 Å². The first-order chi connectivity index (χ1) is 4.15. The molecule has 1 aliphatic heterocycles. The average Bonchev–Trinajstić information content (AvgIpc) is 2.16. The molecule has 0 unspecified atom stereocenters. The smallest absolute Gasteiger partial charge is 0.225 e. The van der Waals surface area contributed by atoms with Crippen molar-refractivity contribution in [3.8, 4) is 0 Å². The number of nitrogens with two attached hydrogens (primary N) is 1. The Hall–Kier alpha value is 0.170. The van der Waals surface area contributed by atoms with Gasteiger partial charge in [0.25, 0.3) is 0 Å². The number of amides is 1. The SMILES string of the molecule is CC1(C(N)=O)CSSC1. The molecular formula is C5H9NOS2. The van der Waals surface area contributed by atoms with Gasteiger partial charge in [0, 0.05) is 11.5 Å². The van der Waals surface area contributed by atoms with Crippen molar-refractivity contribution in [3.05, 3.63) is 0 Å². The molecule has 0 spiro atoms. The lowest BCUT2D eigenvalue weighted by atomic mass is 9.95. The zero-order valence-corrected chi connectivity index (χ0v) is 6.85. The molecule has 2 N–H and O–H groups in total. The Labute approximate surface area is 62.3 Å². The second kappa shape index (κ2) is 2.42. The maximum atomic E-state index is 10.7. The minimum atomic E-state index is -0.241. The molecule has 1 aliphatic rings. The Morgan fingerprint density at radius 1 is 1.56 bits per heavy atom. The minimum absolute atomic E-state index is 0.167. The van der Waals surface area contributed by atoms with Gasteiger partial charge in [0.1, 0.15) is 0 Å². The summed E-state index contributed by atoms with van der Waals surface area (Å²) in [6.45, 7) is 1.92. The Bertz CT molecular complexity index is 131. The van der Waals surface area contributed by atoms with E-state index in [1.54, 1.807) is 21.6 Å². The predicted molar refractivity (Wildman–Crippen MR) is 42.2 cm³/mol.